The zero-order valence-electron chi connectivity index (χ0n) is 14.2. The molecular weight excluding hydrogens is 321 g/mol. The van der Waals surface area contributed by atoms with E-state index in [2.05, 4.69) is 72.7 Å². The highest BCUT2D eigenvalue weighted by Gasteiger charge is 2.34. The Morgan fingerprint density at radius 3 is 2.08 bits per heavy atom. The molecular formula is C22H16BNO2. The number of rotatable bonds is 2. The van der Waals surface area contributed by atoms with Crippen LogP contribution < -0.4 is 5.46 Å². The molecule has 4 heteroatoms. The first-order valence-electron chi connectivity index (χ1n) is 8.51. The van der Waals surface area contributed by atoms with Crippen molar-refractivity contribution in [1.82, 2.24) is 4.98 Å². The van der Waals surface area contributed by atoms with Gasteiger partial charge < -0.3 is 14.3 Å². The monoisotopic (exact) mass is 337 g/mol. The van der Waals surface area contributed by atoms with Gasteiger partial charge in [-0.25, -0.2) is 0 Å². The lowest BCUT2D eigenvalue weighted by Gasteiger charge is -2.04. The highest BCUT2D eigenvalue weighted by Crippen LogP contribution is 2.30. The quantitative estimate of drug-likeness (QED) is 0.535. The molecule has 1 aliphatic heterocycles. The lowest BCUT2D eigenvalue weighted by Crippen LogP contribution is -2.30. The summed E-state index contributed by atoms with van der Waals surface area (Å²) < 4.78 is 11.3. The second-order valence-corrected chi connectivity index (χ2v) is 6.47. The van der Waals surface area contributed by atoms with E-state index in [9.17, 15) is 0 Å². The second kappa shape index (κ2) is 5.56. The number of H-pyrrole nitrogens is 1. The molecule has 1 fully saturated rings. The van der Waals surface area contributed by atoms with Gasteiger partial charge in [0.25, 0.3) is 0 Å². The molecule has 1 aliphatic rings. The molecule has 0 atom stereocenters. The van der Waals surface area contributed by atoms with Crippen molar-refractivity contribution < 1.29 is 9.31 Å². The largest absolute Gasteiger partial charge is 0.632 e. The summed E-state index contributed by atoms with van der Waals surface area (Å²) in [5.74, 6) is 0.973. The zero-order chi connectivity index (χ0) is 17.7. The van der Waals surface area contributed by atoms with Crippen molar-refractivity contribution in [1.29, 1.82) is 0 Å². The third kappa shape index (κ3) is 2.31. The third-order valence-corrected chi connectivity index (χ3v) is 4.81. The lowest BCUT2D eigenvalue weighted by molar-refractivity contribution is 0.431. The number of fused-ring (bicyclic) bond motifs is 3. The van der Waals surface area contributed by atoms with E-state index in [0.29, 0.717) is 11.5 Å². The van der Waals surface area contributed by atoms with Gasteiger partial charge in [-0.2, -0.15) is 0 Å². The summed E-state index contributed by atoms with van der Waals surface area (Å²) in [7, 11) is -0.485. The topological polar surface area (TPSA) is 34.2 Å². The first-order chi connectivity index (χ1) is 12.7. The summed E-state index contributed by atoms with van der Waals surface area (Å²) >= 11 is 0. The Kier molecular flexibility index (Phi) is 3.19. The number of aromatic nitrogens is 1. The number of aromatic amines is 1. The summed E-state index contributed by atoms with van der Waals surface area (Å²) in [5.41, 5.74) is 5.54. The second-order valence-electron chi connectivity index (χ2n) is 6.47. The number of hydrogen-bond acceptors (Lipinski definition) is 2. The van der Waals surface area contributed by atoms with E-state index in [0.717, 1.165) is 21.9 Å². The highest BCUT2D eigenvalue weighted by molar-refractivity contribution is 6.63. The van der Waals surface area contributed by atoms with Crippen molar-refractivity contribution in [2.45, 2.75) is 0 Å². The molecule has 4 aromatic rings. The maximum Gasteiger partial charge on any atom is 0.632 e. The van der Waals surface area contributed by atoms with Crippen LogP contribution in [0.1, 0.15) is 0 Å². The molecule has 2 heterocycles. The van der Waals surface area contributed by atoms with Gasteiger partial charge in [-0.15, -0.1) is 0 Å². The predicted molar refractivity (Wildman–Crippen MR) is 107 cm³/mol. The Morgan fingerprint density at radius 2 is 1.35 bits per heavy atom. The summed E-state index contributed by atoms with van der Waals surface area (Å²) in [5, 5.41) is 2.32. The third-order valence-electron chi connectivity index (χ3n) is 4.81. The van der Waals surface area contributed by atoms with Crippen LogP contribution in [0.2, 0.25) is 0 Å². The fourth-order valence-corrected chi connectivity index (χ4v) is 3.42. The van der Waals surface area contributed by atoms with E-state index in [1.165, 1.54) is 16.5 Å². The van der Waals surface area contributed by atoms with Crippen LogP contribution in [0.4, 0.5) is 0 Å². The van der Waals surface area contributed by atoms with Gasteiger partial charge in [0.15, 0.2) is 0 Å². The maximum absolute atomic E-state index is 5.66. The summed E-state index contributed by atoms with van der Waals surface area (Å²) in [4.78, 5) is 3.48. The Morgan fingerprint density at radius 1 is 0.692 bits per heavy atom. The molecule has 0 saturated carbocycles. The van der Waals surface area contributed by atoms with Crippen LogP contribution >= 0.6 is 0 Å². The van der Waals surface area contributed by atoms with Crippen LogP contribution in [0, 0.1) is 0 Å². The van der Waals surface area contributed by atoms with E-state index >= 15 is 0 Å². The molecule has 0 unspecified atom stereocenters. The molecule has 1 N–H and O–H groups in total. The Balaban J connectivity index is 1.65. The molecule has 5 rings (SSSR count). The highest BCUT2D eigenvalue weighted by atomic mass is 16.6. The van der Waals surface area contributed by atoms with E-state index in [1.54, 1.807) is 0 Å². The average Bonchev–Trinajstić information content (AvgIpc) is 3.21. The number of benzene rings is 3. The fraction of sp³-hybridized carbons (Fsp3) is 0. The molecule has 0 radical (unpaired) electrons. The predicted octanol–water partition coefficient (Wildman–Crippen LogP) is 4.76. The molecule has 3 aromatic carbocycles. The van der Waals surface area contributed by atoms with Gasteiger partial charge in [0.2, 0.25) is 0 Å². The van der Waals surface area contributed by atoms with Crippen LogP contribution in [0.25, 0.3) is 32.9 Å². The van der Waals surface area contributed by atoms with Gasteiger partial charge in [-0.1, -0.05) is 55.6 Å². The molecule has 0 amide bonds. The van der Waals surface area contributed by atoms with Crippen molar-refractivity contribution in [3.05, 3.63) is 91.4 Å². The average molecular weight is 337 g/mol. The standard InChI is InChI=1S/C22H16BNO2/c1-14-15(2)26-23(25-14)18-9-11-22-20(13-18)19-12-17(8-10-21(19)24-22)16-6-4-3-5-7-16/h3-13,24H,1-2H2. The van der Waals surface area contributed by atoms with Gasteiger partial charge in [0, 0.05) is 27.3 Å². The Bertz CT molecular complexity index is 1160. The smallest absolute Gasteiger partial charge is 0.520 e. The lowest BCUT2D eigenvalue weighted by atomic mass is 9.79. The van der Waals surface area contributed by atoms with Gasteiger partial charge in [0.05, 0.1) is 0 Å². The molecule has 124 valence electrons. The molecule has 1 saturated heterocycles. The molecule has 0 aliphatic carbocycles. The summed E-state index contributed by atoms with van der Waals surface area (Å²) in [6, 6.07) is 23.1. The van der Waals surface area contributed by atoms with Gasteiger partial charge in [-0.05, 0) is 35.4 Å². The van der Waals surface area contributed by atoms with Crippen LogP contribution in [-0.2, 0) is 9.31 Å². The van der Waals surface area contributed by atoms with Crippen molar-refractivity contribution in [2.75, 3.05) is 0 Å². The van der Waals surface area contributed by atoms with Crippen LogP contribution in [-0.4, -0.2) is 12.1 Å². The summed E-state index contributed by atoms with van der Waals surface area (Å²) in [6.45, 7) is 7.61. The SMILES string of the molecule is C=C1OB(c2ccc3[nH]c4ccc(-c5ccccc5)cc4c3c2)OC1=C. The van der Waals surface area contributed by atoms with E-state index < -0.39 is 7.12 Å². The van der Waals surface area contributed by atoms with E-state index in [1.807, 2.05) is 12.1 Å². The van der Waals surface area contributed by atoms with Crippen LogP contribution in [0.15, 0.2) is 91.4 Å². The molecule has 0 bridgehead atoms. The van der Waals surface area contributed by atoms with Gasteiger partial charge >= 0.3 is 7.12 Å². The first-order valence-corrected chi connectivity index (χ1v) is 8.51. The normalized spacial score (nSPS) is 14.1. The minimum atomic E-state index is -0.485. The van der Waals surface area contributed by atoms with Gasteiger partial charge in [-0.3, -0.25) is 0 Å². The van der Waals surface area contributed by atoms with Crippen molar-refractivity contribution in [3.63, 3.8) is 0 Å². The Hall–Kier alpha value is -3.40. The fourth-order valence-electron chi connectivity index (χ4n) is 3.42. The van der Waals surface area contributed by atoms with Crippen molar-refractivity contribution in [2.24, 2.45) is 0 Å². The number of hydrogen-bond donors (Lipinski definition) is 1. The summed E-state index contributed by atoms with van der Waals surface area (Å²) in [6.07, 6.45) is 0. The molecule has 26 heavy (non-hydrogen) atoms. The molecule has 1 aromatic heterocycles. The molecule has 3 nitrogen and oxygen atoms in total. The minimum absolute atomic E-state index is 0.485. The van der Waals surface area contributed by atoms with Crippen LogP contribution in [0.5, 0.6) is 0 Å². The van der Waals surface area contributed by atoms with Crippen molar-refractivity contribution >= 4 is 34.4 Å². The van der Waals surface area contributed by atoms with E-state index in [-0.39, 0.29) is 0 Å². The zero-order valence-corrected chi connectivity index (χ0v) is 14.2. The first kappa shape index (κ1) is 14.9. The maximum atomic E-state index is 5.66. The van der Waals surface area contributed by atoms with Gasteiger partial charge in [0.1, 0.15) is 11.5 Å². The van der Waals surface area contributed by atoms with Crippen molar-refractivity contribution in [3.8, 4) is 11.1 Å². The number of nitrogens with one attached hydrogen (secondary N) is 1. The Labute approximate surface area is 151 Å². The minimum Gasteiger partial charge on any atom is -0.520 e. The molecule has 0 spiro atoms. The van der Waals surface area contributed by atoms with E-state index in [4.69, 9.17) is 9.31 Å². The van der Waals surface area contributed by atoms with Crippen LogP contribution in [0.3, 0.4) is 0 Å².